The SMILES string of the molecule is CC(C)(O)C(F)CNC(=O)c1cnc(-n2ncc3cc(C#N)c(N)nc32)cc1NC12CC3C[C@H](CC(O)(C3)C1)C2. The number of fused-ring (bicyclic) bond motifs is 1. The number of nitrogen functional groups attached to an aromatic ring is 1. The minimum absolute atomic E-state index is 0.0699. The maximum absolute atomic E-state index is 14.4. The van der Waals surface area contributed by atoms with Crippen LogP contribution in [0, 0.1) is 23.2 Å². The van der Waals surface area contributed by atoms with Gasteiger partial charge in [0.1, 0.15) is 18.1 Å². The topological polar surface area (TPSA) is 175 Å². The van der Waals surface area contributed by atoms with Gasteiger partial charge in [-0.1, -0.05) is 0 Å². The van der Waals surface area contributed by atoms with Crippen molar-refractivity contribution in [3.63, 3.8) is 0 Å². The molecule has 1 amide bonds. The summed E-state index contributed by atoms with van der Waals surface area (Å²) in [5.41, 5.74) is 4.59. The van der Waals surface area contributed by atoms with Crippen LogP contribution in [-0.2, 0) is 0 Å². The molecule has 210 valence electrons. The fourth-order valence-corrected chi connectivity index (χ4v) is 7.25. The molecule has 0 aromatic carbocycles. The van der Waals surface area contributed by atoms with E-state index in [1.165, 1.54) is 24.7 Å². The van der Waals surface area contributed by atoms with Crippen molar-refractivity contribution in [3.8, 4) is 11.9 Å². The quantitative estimate of drug-likeness (QED) is 0.297. The summed E-state index contributed by atoms with van der Waals surface area (Å²) in [6.07, 6.45) is 6.35. The van der Waals surface area contributed by atoms with Gasteiger partial charge in [-0.15, -0.1) is 0 Å². The number of carbonyl (C=O) groups is 1. The van der Waals surface area contributed by atoms with E-state index >= 15 is 0 Å². The summed E-state index contributed by atoms with van der Waals surface area (Å²) in [4.78, 5) is 22.1. The molecule has 4 fully saturated rings. The molecule has 3 aromatic rings. The minimum atomic E-state index is -1.66. The Kier molecular flexibility index (Phi) is 6.01. The zero-order valence-corrected chi connectivity index (χ0v) is 22.5. The number of nitriles is 1. The molecule has 3 heterocycles. The van der Waals surface area contributed by atoms with E-state index in [4.69, 9.17) is 5.73 Å². The van der Waals surface area contributed by atoms with E-state index < -0.39 is 28.8 Å². The van der Waals surface area contributed by atoms with Gasteiger partial charge in [0, 0.05) is 23.2 Å². The van der Waals surface area contributed by atoms with Crippen LogP contribution in [0.4, 0.5) is 15.9 Å². The number of nitrogens with one attached hydrogen (secondary N) is 2. The van der Waals surface area contributed by atoms with Crippen molar-refractivity contribution in [1.82, 2.24) is 25.1 Å². The van der Waals surface area contributed by atoms with Crippen molar-refractivity contribution in [2.75, 3.05) is 17.6 Å². The van der Waals surface area contributed by atoms with Crippen molar-refractivity contribution in [3.05, 3.63) is 35.7 Å². The lowest BCUT2D eigenvalue weighted by Crippen LogP contribution is -2.62. The second kappa shape index (κ2) is 9.11. The van der Waals surface area contributed by atoms with Crippen LogP contribution in [0.25, 0.3) is 16.9 Å². The molecule has 0 aliphatic heterocycles. The highest BCUT2D eigenvalue weighted by atomic mass is 19.1. The molecule has 7 rings (SSSR count). The predicted octanol–water partition coefficient (Wildman–Crippen LogP) is 2.60. The molecule has 0 saturated heterocycles. The van der Waals surface area contributed by atoms with Gasteiger partial charge in [-0.25, -0.2) is 14.4 Å². The molecule has 11 nitrogen and oxygen atoms in total. The predicted molar refractivity (Wildman–Crippen MR) is 145 cm³/mol. The lowest BCUT2D eigenvalue weighted by atomic mass is 9.51. The highest BCUT2D eigenvalue weighted by Crippen LogP contribution is 2.58. The summed E-state index contributed by atoms with van der Waals surface area (Å²) in [5, 5.41) is 41.8. The Morgan fingerprint density at radius 2 is 2.02 bits per heavy atom. The van der Waals surface area contributed by atoms with Gasteiger partial charge in [0.05, 0.1) is 40.8 Å². The second-order valence-electron chi connectivity index (χ2n) is 12.5. The average Bonchev–Trinajstić information content (AvgIpc) is 3.26. The zero-order chi connectivity index (χ0) is 28.4. The third-order valence-electron chi connectivity index (χ3n) is 8.68. The monoisotopic (exact) mass is 548 g/mol. The number of hydrogen-bond acceptors (Lipinski definition) is 9. The van der Waals surface area contributed by atoms with E-state index in [1.54, 1.807) is 18.3 Å². The Labute approximate surface area is 230 Å². The molecule has 4 aliphatic carbocycles. The van der Waals surface area contributed by atoms with Gasteiger partial charge in [0.15, 0.2) is 11.5 Å². The fraction of sp³-hybridized carbons (Fsp3) is 0.536. The maximum Gasteiger partial charge on any atom is 0.255 e. The molecule has 4 saturated carbocycles. The van der Waals surface area contributed by atoms with Crippen LogP contribution in [0.2, 0.25) is 0 Å². The highest BCUT2D eigenvalue weighted by Gasteiger charge is 2.57. The summed E-state index contributed by atoms with van der Waals surface area (Å²) in [6.45, 7) is 2.33. The second-order valence-corrected chi connectivity index (χ2v) is 12.5. The Morgan fingerprint density at radius 3 is 2.67 bits per heavy atom. The van der Waals surface area contributed by atoms with Crippen LogP contribution in [0.3, 0.4) is 0 Å². The third-order valence-corrected chi connectivity index (χ3v) is 8.68. The molecule has 4 unspecified atom stereocenters. The number of pyridine rings is 2. The Morgan fingerprint density at radius 1 is 1.30 bits per heavy atom. The number of aromatic nitrogens is 4. The van der Waals surface area contributed by atoms with Crippen molar-refractivity contribution < 1.29 is 19.4 Å². The zero-order valence-electron chi connectivity index (χ0n) is 22.5. The number of nitrogens with zero attached hydrogens (tertiary/aromatic N) is 5. The number of halogens is 1. The van der Waals surface area contributed by atoms with E-state index in [0.717, 1.165) is 32.1 Å². The molecule has 4 aliphatic rings. The Balaban J connectivity index is 1.38. The van der Waals surface area contributed by atoms with E-state index in [0.29, 0.717) is 40.8 Å². The third kappa shape index (κ3) is 4.63. The van der Waals surface area contributed by atoms with Gasteiger partial charge in [0.25, 0.3) is 5.91 Å². The van der Waals surface area contributed by atoms with Crippen LogP contribution in [-0.4, -0.2) is 65.3 Å². The van der Waals surface area contributed by atoms with Gasteiger partial charge < -0.3 is 26.6 Å². The standard InChI is InChI=1S/C28H33FN8O3/c1-26(2,39)21(29)13-33-25(38)19-12-32-22(37-24-18(11-34-37)4-17(10-30)23(31)35-24)5-20(19)36-27-6-15-3-16(7-27)9-28(40,8-15)14-27/h4-5,11-12,15-16,21,39-40H,3,6-9,13-14H2,1-2H3,(H2,31,35)(H,32,36)(H,33,38)/t15-,16?,21?,27?,28?/m0/s1. The fourth-order valence-electron chi connectivity index (χ4n) is 7.25. The number of hydrogen-bond donors (Lipinski definition) is 5. The largest absolute Gasteiger partial charge is 0.390 e. The van der Waals surface area contributed by atoms with Crippen molar-refractivity contribution >= 4 is 28.4 Å². The smallest absolute Gasteiger partial charge is 0.255 e. The first kappa shape index (κ1) is 26.4. The summed E-state index contributed by atoms with van der Waals surface area (Å²) in [5.74, 6) is 0.721. The van der Waals surface area contributed by atoms with Crippen LogP contribution in [0.5, 0.6) is 0 Å². The van der Waals surface area contributed by atoms with Gasteiger partial charge in [0.2, 0.25) is 0 Å². The van der Waals surface area contributed by atoms with Crippen LogP contribution in [0.1, 0.15) is 68.3 Å². The van der Waals surface area contributed by atoms with Crippen molar-refractivity contribution in [1.29, 1.82) is 5.26 Å². The van der Waals surface area contributed by atoms with Gasteiger partial charge in [-0.2, -0.15) is 15.0 Å². The summed E-state index contributed by atoms with van der Waals surface area (Å²) in [6, 6.07) is 5.32. The molecule has 4 bridgehead atoms. The molecule has 3 aromatic heterocycles. The number of amides is 1. The number of rotatable bonds is 7. The van der Waals surface area contributed by atoms with Crippen molar-refractivity contribution in [2.45, 2.75) is 75.3 Å². The maximum atomic E-state index is 14.4. The summed E-state index contributed by atoms with van der Waals surface area (Å²) >= 11 is 0. The minimum Gasteiger partial charge on any atom is -0.390 e. The average molecular weight is 549 g/mol. The molecule has 6 N–H and O–H groups in total. The van der Waals surface area contributed by atoms with Gasteiger partial charge in [-0.3, -0.25) is 4.79 Å². The first-order valence-corrected chi connectivity index (χ1v) is 13.6. The summed E-state index contributed by atoms with van der Waals surface area (Å²) in [7, 11) is 0. The number of aliphatic hydroxyl groups is 2. The van der Waals surface area contributed by atoms with Crippen molar-refractivity contribution in [2.24, 2.45) is 11.8 Å². The van der Waals surface area contributed by atoms with Crippen LogP contribution in [0.15, 0.2) is 24.5 Å². The Bertz CT molecular complexity index is 1530. The van der Waals surface area contributed by atoms with Gasteiger partial charge >= 0.3 is 0 Å². The number of nitrogens with two attached hydrogens (primary N) is 1. The molecule has 12 heteroatoms. The molecule has 40 heavy (non-hydrogen) atoms. The normalized spacial score (nSPS) is 27.9. The molecule has 0 radical (unpaired) electrons. The van der Waals surface area contributed by atoms with E-state index in [1.807, 2.05) is 6.07 Å². The Hall–Kier alpha value is -3.82. The van der Waals surface area contributed by atoms with E-state index in [-0.39, 0.29) is 23.5 Å². The van der Waals surface area contributed by atoms with E-state index in [9.17, 15) is 24.7 Å². The first-order chi connectivity index (χ1) is 18.9. The summed E-state index contributed by atoms with van der Waals surface area (Å²) < 4.78 is 15.9. The highest BCUT2D eigenvalue weighted by molar-refractivity contribution is 5.99. The first-order valence-electron chi connectivity index (χ1n) is 13.6. The number of alkyl halides is 1. The number of anilines is 2. The van der Waals surface area contributed by atoms with Crippen LogP contribution >= 0.6 is 0 Å². The van der Waals surface area contributed by atoms with E-state index in [2.05, 4.69) is 25.7 Å². The lowest BCUT2D eigenvalue weighted by molar-refractivity contribution is -0.127. The molecular weight excluding hydrogens is 515 g/mol. The lowest BCUT2D eigenvalue weighted by Gasteiger charge is -2.60. The number of carbonyl (C=O) groups excluding carboxylic acids is 1. The van der Waals surface area contributed by atoms with Crippen LogP contribution < -0.4 is 16.4 Å². The molecular formula is C28H33FN8O3. The molecule has 0 spiro atoms. The van der Waals surface area contributed by atoms with Gasteiger partial charge in [-0.05, 0) is 70.3 Å². The molecule has 5 atom stereocenters.